The third kappa shape index (κ3) is 1.54. The van der Waals surface area contributed by atoms with Crippen LogP contribution in [-0.2, 0) is 0 Å². The van der Waals surface area contributed by atoms with Gasteiger partial charge in [0, 0.05) is 0 Å². The predicted molar refractivity (Wildman–Crippen MR) is 33.9 cm³/mol. The molecule has 1 aromatic carbocycles. The maximum atomic E-state index is 12.3. The average Bonchev–Trinajstić information content (AvgIpc) is 1.99. The van der Waals surface area contributed by atoms with Gasteiger partial charge >= 0.3 is 7.48 Å². The highest BCUT2D eigenvalue weighted by Crippen LogP contribution is 2.06. The summed E-state index contributed by atoms with van der Waals surface area (Å²) in [6, 6.07) is 1.39. The van der Waals surface area contributed by atoms with Gasteiger partial charge in [0.05, 0.1) is 0 Å². The molecule has 1 nitrogen and oxygen atoms in total. The van der Waals surface area contributed by atoms with Gasteiger partial charge in [-0.15, -0.1) is 0 Å². The van der Waals surface area contributed by atoms with Crippen molar-refractivity contribution in [2.75, 3.05) is 0 Å². The van der Waals surface area contributed by atoms with Gasteiger partial charge in [-0.2, -0.15) is 0 Å². The molecule has 0 amide bonds. The highest BCUT2D eigenvalue weighted by molar-refractivity contribution is 6.45. The fourth-order valence-corrected chi connectivity index (χ4v) is 0.650. The Morgan fingerprint density at radius 1 is 1.09 bits per heavy atom. The molecular formula is C6H3BF3O. The first-order valence-corrected chi connectivity index (χ1v) is 2.77. The van der Waals surface area contributed by atoms with E-state index in [1.807, 2.05) is 0 Å². The maximum absolute atomic E-state index is 12.3. The molecule has 0 atom stereocenters. The summed E-state index contributed by atoms with van der Waals surface area (Å²) in [6.45, 7) is 0. The van der Waals surface area contributed by atoms with Crippen LogP contribution in [0.4, 0.5) is 13.2 Å². The summed E-state index contributed by atoms with van der Waals surface area (Å²) in [5, 5.41) is 8.30. The van der Waals surface area contributed by atoms with Gasteiger partial charge in [0.15, 0.2) is 17.5 Å². The second-order valence-corrected chi connectivity index (χ2v) is 1.93. The summed E-state index contributed by atoms with van der Waals surface area (Å²) in [5.41, 5.74) is -0.110. The van der Waals surface area contributed by atoms with Crippen LogP contribution >= 0.6 is 0 Å². The summed E-state index contributed by atoms with van der Waals surface area (Å²) in [4.78, 5) is 0. The topological polar surface area (TPSA) is 20.2 Å². The van der Waals surface area contributed by atoms with Crippen LogP contribution < -0.4 is 5.46 Å². The van der Waals surface area contributed by atoms with Crippen molar-refractivity contribution < 1.29 is 18.2 Å². The van der Waals surface area contributed by atoms with Gasteiger partial charge in [-0.3, -0.25) is 0 Å². The molecule has 0 saturated heterocycles. The SMILES string of the molecule is O[B]c1cc(F)c(F)c(F)c1. The van der Waals surface area contributed by atoms with Crippen LogP contribution in [0.3, 0.4) is 0 Å². The second kappa shape index (κ2) is 2.96. The average molecular weight is 159 g/mol. The van der Waals surface area contributed by atoms with Crippen molar-refractivity contribution in [2.45, 2.75) is 0 Å². The fourth-order valence-electron chi connectivity index (χ4n) is 0.650. The highest BCUT2D eigenvalue weighted by Gasteiger charge is 2.09. The lowest BCUT2D eigenvalue weighted by Gasteiger charge is -1.97. The van der Waals surface area contributed by atoms with E-state index >= 15 is 0 Å². The Kier molecular flexibility index (Phi) is 2.19. The molecule has 1 N–H and O–H groups in total. The standard InChI is InChI=1S/C6H3BF3O/c8-4-1-3(7-11)2-5(9)6(4)10/h1-2,11H. The summed E-state index contributed by atoms with van der Waals surface area (Å²) in [5.74, 6) is -4.16. The smallest absolute Gasteiger partial charge is 0.326 e. The minimum Gasteiger partial charge on any atom is -0.450 e. The number of hydrogen-bond acceptors (Lipinski definition) is 1. The Morgan fingerprint density at radius 3 is 1.91 bits per heavy atom. The molecule has 1 rings (SSSR count). The minimum atomic E-state index is -1.53. The molecule has 0 aromatic heterocycles. The van der Waals surface area contributed by atoms with Crippen LogP contribution in [0.2, 0.25) is 0 Å². The first-order chi connectivity index (χ1) is 5.15. The maximum Gasteiger partial charge on any atom is 0.326 e. The van der Waals surface area contributed by atoms with Crippen molar-refractivity contribution in [2.24, 2.45) is 0 Å². The Hall–Kier alpha value is -0.965. The molecule has 0 aliphatic heterocycles. The third-order valence-corrected chi connectivity index (χ3v) is 1.16. The first kappa shape index (κ1) is 8.13. The number of hydrogen-bond donors (Lipinski definition) is 1. The van der Waals surface area contributed by atoms with Gasteiger partial charge in [-0.05, 0) is 17.6 Å². The number of benzene rings is 1. The van der Waals surface area contributed by atoms with Crippen LogP contribution in [0.15, 0.2) is 12.1 Å². The van der Waals surface area contributed by atoms with E-state index < -0.39 is 17.5 Å². The molecule has 0 aliphatic carbocycles. The Bertz CT molecular complexity index is 254. The lowest BCUT2D eigenvalue weighted by molar-refractivity contribution is 0.448. The molecule has 0 fully saturated rings. The molecule has 1 aromatic rings. The van der Waals surface area contributed by atoms with Gasteiger partial charge in [0.25, 0.3) is 0 Å². The van der Waals surface area contributed by atoms with Gasteiger partial charge in [0.2, 0.25) is 0 Å². The van der Waals surface area contributed by atoms with E-state index in [1.54, 1.807) is 0 Å². The number of halogens is 3. The fraction of sp³-hybridized carbons (Fsp3) is 0. The molecule has 11 heavy (non-hydrogen) atoms. The molecule has 0 unspecified atom stereocenters. The normalized spacial score (nSPS) is 9.82. The second-order valence-electron chi connectivity index (χ2n) is 1.93. The lowest BCUT2D eigenvalue weighted by Crippen LogP contribution is -2.15. The van der Waals surface area contributed by atoms with Crippen LogP contribution in [0.1, 0.15) is 0 Å². The van der Waals surface area contributed by atoms with Crippen molar-refractivity contribution in [3.8, 4) is 0 Å². The van der Waals surface area contributed by atoms with Gasteiger partial charge in [-0.1, -0.05) is 0 Å². The van der Waals surface area contributed by atoms with E-state index in [4.69, 9.17) is 5.02 Å². The lowest BCUT2D eigenvalue weighted by atomic mass is 9.89. The zero-order valence-corrected chi connectivity index (χ0v) is 5.31. The van der Waals surface area contributed by atoms with Crippen LogP contribution in [-0.4, -0.2) is 12.5 Å². The molecule has 57 valence electrons. The highest BCUT2D eigenvalue weighted by atomic mass is 19.2. The Labute approximate surface area is 61.7 Å². The van der Waals surface area contributed by atoms with E-state index in [9.17, 15) is 13.2 Å². The van der Waals surface area contributed by atoms with E-state index in [-0.39, 0.29) is 5.46 Å². The summed E-state index contributed by atoms with van der Waals surface area (Å²) in [6.07, 6.45) is 0. The molecule has 5 heteroatoms. The molecule has 0 bridgehead atoms. The molecular weight excluding hydrogens is 156 g/mol. The largest absolute Gasteiger partial charge is 0.450 e. The minimum absolute atomic E-state index is 0.110. The van der Waals surface area contributed by atoms with E-state index in [1.165, 1.54) is 0 Å². The van der Waals surface area contributed by atoms with Gasteiger partial charge < -0.3 is 5.02 Å². The summed E-state index contributed by atoms with van der Waals surface area (Å²) >= 11 is 0. The van der Waals surface area contributed by atoms with Crippen LogP contribution in [0, 0.1) is 17.5 Å². The zero-order chi connectivity index (χ0) is 8.43. The van der Waals surface area contributed by atoms with Crippen LogP contribution in [0.5, 0.6) is 0 Å². The number of rotatable bonds is 1. The molecule has 1 radical (unpaired) electrons. The van der Waals surface area contributed by atoms with Crippen molar-refractivity contribution >= 4 is 12.9 Å². The quantitative estimate of drug-likeness (QED) is 0.462. The molecule has 0 heterocycles. The van der Waals surface area contributed by atoms with Crippen molar-refractivity contribution in [1.29, 1.82) is 0 Å². The first-order valence-electron chi connectivity index (χ1n) is 2.77. The molecule has 0 aliphatic rings. The van der Waals surface area contributed by atoms with Crippen molar-refractivity contribution in [1.82, 2.24) is 0 Å². The van der Waals surface area contributed by atoms with Crippen LogP contribution in [0.25, 0.3) is 0 Å². The van der Waals surface area contributed by atoms with E-state index in [0.717, 1.165) is 0 Å². The van der Waals surface area contributed by atoms with Crippen molar-refractivity contribution in [3.05, 3.63) is 29.6 Å². The van der Waals surface area contributed by atoms with E-state index in [0.29, 0.717) is 19.6 Å². The summed E-state index contributed by atoms with van der Waals surface area (Å²) < 4.78 is 36.8. The van der Waals surface area contributed by atoms with Gasteiger partial charge in [-0.25, -0.2) is 13.2 Å². The van der Waals surface area contributed by atoms with E-state index in [2.05, 4.69) is 0 Å². The Balaban J connectivity index is 3.21. The Morgan fingerprint density at radius 2 is 1.55 bits per heavy atom. The van der Waals surface area contributed by atoms with Gasteiger partial charge in [0.1, 0.15) is 0 Å². The third-order valence-electron chi connectivity index (χ3n) is 1.16. The molecule has 0 saturated carbocycles. The zero-order valence-electron chi connectivity index (χ0n) is 5.31. The predicted octanol–water partition coefficient (Wildman–Crippen LogP) is 0.341. The summed E-state index contributed by atoms with van der Waals surface area (Å²) in [7, 11) is 0.492. The van der Waals surface area contributed by atoms with Crippen molar-refractivity contribution in [3.63, 3.8) is 0 Å². The monoisotopic (exact) mass is 159 g/mol. The molecule has 0 spiro atoms.